The highest BCUT2D eigenvalue weighted by molar-refractivity contribution is 7.83. The monoisotopic (exact) mass is 452 g/mol. The summed E-state index contributed by atoms with van der Waals surface area (Å²) < 4.78 is -2.67. The van der Waals surface area contributed by atoms with E-state index in [1.54, 1.807) is 0 Å². The van der Waals surface area contributed by atoms with E-state index in [-0.39, 0.29) is 13.2 Å². The summed E-state index contributed by atoms with van der Waals surface area (Å²) in [6.45, 7) is 8.43. The van der Waals surface area contributed by atoms with Gasteiger partial charge in [-0.1, -0.05) is 0 Å². The first-order valence-corrected chi connectivity index (χ1v) is 8.75. The van der Waals surface area contributed by atoms with Crippen LogP contribution in [0.5, 0.6) is 0 Å². The van der Waals surface area contributed by atoms with Gasteiger partial charge in [0.05, 0.1) is 13.2 Å². The summed E-state index contributed by atoms with van der Waals surface area (Å²) in [5, 5.41) is 48.5. The van der Waals surface area contributed by atoms with E-state index < -0.39 is 38.3 Å². The number of thiol groups is 3. The van der Waals surface area contributed by atoms with Crippen LogP contribution in [0.1, 0.15) is 41.5 Å². The number of carboxylic acids is 3. The minimum Gasteiger partial charge on any atom is -0.480 e. The van der Waals surface area contributed by atoms with Crippen molar-refractivity contribution in [3.63, 3.8) is 0 Å². The topological polar surface area (TPSA) is 173 Å². The van der Waals surface area contributed by atoms with Gasteiger partial charge in [0.1, 0.15) is 20.3 Å². The Kier molecular flexibility index (Phi) is 19.2. The van der Waals surface area contributed by atoms with E-state index in [0.717, 1.165) is 0 Å². The predicted octanol–water partition coefficient (Wildman–Crippen LogP) is 0.670. The lowest BCUT2D eigenvalue weighted by atomic mass is 10.2. The van der Waals surface area contributed by atoms with Crippen LogP contribution in [0.4, 0.5) is 0 Å². The molecule has 0 fully saturated rings. The van der Waals surface area contributed by atoms with Gasteiger partial charge in [-0.2, -0.15) is 37.9 Å². The number of rotatable bonds is 5. The second kappa shape index (κ2) is 15.3. The standard InChI is InChI=1S/3C4H8O2S.C3H8O3/c3*1-4(2,7)3(5)6;4-1-3(6)2-5/h3*7H,1-2H3,(H,5,6);3-6H,1-2H2. The van der Waals surface area contributed by atoms with Crippen LogP contribution in [-0.4, -0.2) is 82.1 Å². The minimum absolute atomic E-state index is 0.365. The van der Waals surface area contributed by atoms with Crippen LogP contribution in [0.3, 0.4) is 0 Å². The molecule has 9 nitrogen and oxygen atoms in total. The van der Waals surface area contributed by atoms with Gasteiger partial charge in [0.15, 0.2) is 0 Å². The minimum atomic E-state index is -0.954. The largest absolute Gasteiger partial charge is 0.480 e. The molecule has 6 N–H and O–H groups in total. The molecule has 0 saturated heterocycles. The van der Waals surface area contributed by atoms with Gasteiger partial charge in [-0.05, 0) is 41.5 Å². The molecule has 0 amide bonds. The molecule has 0 radical (unpaired) electrons. The van der Waals surface area contributed by atoms with Gasteiger partial charge in [-0.25, -0.2) is 0 Å². The molecule has 27 heavy (non-hydrogen) atoms. The summed E-state index contributed by atoms with van der Waals surface area (Å²) in [4.78, 5) is 29.8. The fourth-order valence-electron chi connectivity index (χ4n) is 0.0577. The molecule has 0 aliphatic heterocycles. The van der Waals surface area contributed by atoms with Gasteiger partial charge in [0.2, 0.25) is 0 Å². The number of hydrogen-bond donors (Lipinski definition) is 9. The van der Waals surface area contributed by atoms with Crippen LogP contribution >= 0.6 is 37.9 Å². The van der Waals surface area contributed by atoms with Gasteiger partial charge in [0, 0.05) is 0 Å². The van der Waals surface area contributed by atoms with Gasteiger partial charge in [0.25, 0.3) is 0 Å². The fraction of sp³-hybridized carbons (Fsp3) is 0.800. The zero-order valence-corrected chi connectivity index (χ0v) is 18.9. The molecule has 0 rings (SSSR count). The van der Waals surface area contributed by atoms with Crippen molar-refractivity contribution < 1.29 is 45.0 Å². The van der Waals surface area contributed by atoms with Crippen LogP contribution in [0.2, 0.25) is 0 Å². The molecule has 0 spiro atoms. The summed E-state index contributed by atoms with van der Waals surface area (Å²) in [5.74, 6) is -2.68. The Morgan fingerprint density at radius 3 is 0.778 bits per heavy atom. The lowest BCUT2D eigenvalue weighted by molar-refractivity contribution is -0.139. The Bertz CT molecular complexity index is 374. The first kappa shape index (κ1) is 33.9. The van der Waals surface area contributed by atoms with E-state index in [1.165, 1.54) is 41.5 Å². The van der Waals surface area contributed by atoms with Crippen molar-refractivity contribution in [1.29, 1.82) is 0 Å². The molecule has 0 heterocycles. The molecule has 12 heteroatoms. The molecule has 0 bridgehead atoms. The molecule has 164 valence electrons. The van der Waals surface area contributed by atoms with Crippen molar-refractivity contribution in [2.24, 2.45) is 0 Å². The molecule has 0 aliphatic rings. The average molecular weight is 453 g/mol. The smallest absolute Gasteiger partial charge is 0.318 e. The van der Waals surface area contributed by atoms with Crippen molar-refractivity contribution in [1.82, 2.24) is 0 Å². The first-order valence-electron chi connectivity index (χ1n) is 7.41. The van der Waals surface area contributed by atoms with Gasteiger partial charge in [-0.3, -0.25) is 14.4 Å². The van der Waals surface area contributed by atoms with E-state index in [0.29, 0.717) is 0 Å². The molecule has 0 atom stereocenters. The maximum Gasteiger partial charge on any atom is 0.318 e. The summed E-state index contributed by atoms with van der Waals surface area (Å²) in [6, 6.07) is 0. The van der Waals surface area contributed by atoms with Crippen LogP contribution in [0, 0.1) is 0 Å². The zero-order chi connectivity index (χ0) is 23.2. The van der Waals surface area contributed by atoms with Gasteiger partial charge >= 0.3 is 17.9 Å². The first-order chi connectivity index (χ1) is 11.6. The third-order valence-corrected chi connectivity index (χ3v) is 2.57. The van der Waals surface area contributed by atoms with E-state index in [4.69, 9.17) is 30.6 Å². The van der Waals surface area contributed by atoms with Crippen molar-refractivity contribution >= 4 is 55.8 Å². The van der Waals surface area contributed by atoms with E-state index >= 15 is 0 Å². The fourth-order valence-corrected chi connectivity index (χ4v) is 0.0577. The number of carboxylic acid groups (broad SMARTS) is 3. The molecule has 0 aromatic rings. The second-order valence-corrected chi connectivity index (χ2v) is 9.97. The number of aliphatic hydroxyl groups is 3. The highest BCUT2D eigenvalue weighted by atomic mass is 32.1. The van der Waals surface area contributed by atoms with Crippen LogP contribution in [-0.2, 0) is 14.4 Å². The normalized spacial score (nSPS) is 11.0. The van der Waals surface area contributed by atoms with Crippen molar-refractivity contribution in [2.45, 2.75) is 61.9 Å². The molecule has 0 unspecified atom stereocenters. The Labute approximate surface area is 176 Å². The van der Waals surface area contributed by atoms with E-state index in [9.17, 15) is 14.4 Å². The summed E-state index contributed by atoms with van der Waals surface area (Å²) >= 11 is 11.2. The predicted molar refractivity (Wildman–Crippen MR) is 112 cm³/mol. The van der Waals surface area contributed by atoms with Gasteiger partial charge < -0.3 is 30.6 Å². The van der Waals surface area contributed by atoms with E-state index in [1.807, 2.05) is 0 Å². The molecular formula is C15H32O9S3. The highest BCUT2D eigenvalue weighted by Crippen LogP contribution is 2.11. The Hall–Kier alpha value is -0.660. The third kappa shape index (κ3) is 30.3. The highest BCUT2D eigenvalue weighted by Gasteiger charge is 2.21. The van der Waals surface area contributed by atoms with Crippen LogP contribution < -0.4 is 0 Å². The quantitative estimate of drug-likeness (QED) is 0.272. The summed E-state index contributed by atoms with van der Waals surface area (Å²) in [5.41, 5.74) is 0. The molecule has 0 aromatic heterocycles. The average Bonchev–Trinajstić information content (AvgIpc) is 2.45. The molecule has 0 saturated carbocycles. The summed E-state index contributed by atoms with van der Waals surface area (Å²) in [7, 11) is 0. The number of aliphatic hydroxyl groups excluding tert-OH is 3. The number of carbonyl (C=O) groups is 3. The van der Waals surface area contributed by atoms with Gasteiger partial charge in [-0.15, -0.1) is 0 Å². The molecule has 0 aromatic carbocycles. The lowest BCUT2D eigenvalue weighted by Crippen LogP contribution is -2.23. The van der Waals surface area contributed by atoms with Crippen LogP contribution in [0.25, 0.3) is 0 Å². The van der Waals surface area contributed by atoms with Crippen molar-refractivity contribution in [3.8, 4) is 0 Å². The van der Waals surface area contributed by atoms with Crippen molar-refractivity contribution in [3.05, 3.63) is 0 Å². The number of aliphatic carboxylic acids is 3. The zero-order valence-electron chi connectivity index (χ0n) is 16.2. The second-order valence-electron chi connectivity index (χ2n) is 6.61. The lowest BCUT2D eigenvalue weighted by Gasteiger charge is -2.07. The maximum absolute atomic E-state index is 9.94. The number of hydrogen-bond acceptors (Lipinski definition) is 9. The summed E-state index contributed by atoms with van der Waals surface area (Å²) in [6.07, 6.45) is -0.954. The third-order valence-electron chi connectivity index (χ3n) is 1.99. The SMILES string of the molecule is CC(C)(S)C(=O)O.CC(C)(S)C(=O)O.CC(C)(S)C(=O)O.OCC(O)CO. The van der Waals surface area contributed by atoms with Crippen molar-refractivity contribution in [2.75, 3.05) is 13.2 Å². The Morgan fingerprint density at radius 1 is 0.667 bits per heavy atom. The molecule has 0 aliphatic carbocycles. The Balaban J connectivity index is -0.000000131. The van der Waals surface area contributed by atoms with Crippen LogP contribution in [0.15, 0.2) is 0 Å². The molecular weight excluding hydrogens is 420 g/mol. The Morgan fingerprint density at radius 2 is 0.778 bits per heavy atom. The van der Waals surface area contributed by atoms with E-state index in [2.05, 4.69) is 37.9 Å². The maximum atomic E-state index is 9.94.